The number of fused-ring (bicyclic) bond motifs is 1. The van der Waals surface area contributed by atoms with Gasteiger partial charge >= 0.3 is 6.18 Å². The van der Waals surface area contributed by atoms with E-state index >= 15 is 0 Å². The molecule has 1 aromatic heterocycles. The van der Waals surface area contributed by atoms with E-state index in [2.05, 4.69) is 34.3 Å². The van der Waals surface area contributed by atoms with Crippen LogP contribution in [0.3, 0.4) is 0 Å². The highest BCUT2D eigenvalue weighted by molar-refractivity contribution is 6.10. The molecule has 0 saturated heterocycles. The van der Waals surface area contributed by atoms with Crippen LogP contribution in [0.2, 0.25) is 0 Å². The quantitative estimate of drug-likeness (QED) is 0.257. The SMILES string of the molecule is C=C[C@@H](C)Nc1cc(C[C@H](Cc2nncn2C)OC)cc(N2Cc3c(cc(CNC4(C)CCC4)cc3C(F)(F)F)C2=O)c1. The lowest BCUT2D eigenvalue weighted by Crippen LogP contribution is -2.47. The number of carbonyl (C=O) groups excluding carboxylic acids is 1. The Morgan fingerprint density at radius 2 is 1.93 bits per heavy atom. The van der Waals surface area contributed by atoms with Gasteiger partial charge < -0.3 is 24.8 Å². The maximum Gasteiger partial charge on any atom is 0.416 e. The van der Waals surface area contributed by atoms with Crippen LogP contribution < -0.4 is 15.5 Å². The first-order chi connectivity index (χ1) is 20.4. The van der Waals surface area contributed by atoms with Crippen molar-refractivity contribution < 1.29 is 22.7 Å². The molecule has 1 fully saturated rings. The highest BCUT2D eigenvalue weighted by atomic mass is 19.4. The molecule has 5 rings (SSSR count). The number of nitrogens with zero attached hydrogens (tertiary/aromatic N) is 4. The standard InChI is InChI=1S/C32H39F3N6O2/c1-6-20(2)38-23-10-21(12-25(43-5)16-29-39-37-19-40(29)4)11-24(15-23)41-18-27-26(30(41)42)13-22(14-28(27)32(33,34)35)17-36-31(3)8-7-9-31/h6,10-11,13-15,19-20,25,36,38H,1,7-9,12,16-18H2,2-5H3/t20-,25-/m1/s1. The number of methoxy groups -OCH3 is 1. The molecule has 2 aromatic carbocycles. The molecular weight excluding hydrogens is 557 g/mol. The largest absolute Gasteiger partial charge is 0.416 e. The average Bonchev–Trinajstić information content (AvgIpc) is 3.51. The Bertz CT molecular complexity index is 1500. The first-order valence-corrected chi connectivity index (χ1v) is 14.6. The molecule has 2 aliphatic rings. The number of carbonyl (C=O) groups is 1. The van der Waals surface area contributed by atoms with Crippen molar-refractivity contribution in [1.82, 2.24) is 20.1 Å². The number of halogens is 3. The topological polar surface area (TPSA) is 84.3 Å². The fraction of sp³-hybridized carbons (Fsp3) is 0.469. The van der Waals surface area contributed by atoms with E-state index in [-0.39, 0.29) is 41.9 Å². The lowest BCUT2D eigenvalue weighted by molar-refractivity contribution is -0.138. The lowest BCUT2D eigenvalue weighted by atomic mass is 9.78. The highest BCUT2D eigenvalue weighted by Crippen LogP contribution is 2.40. The summed E-state index contributed by atoms with van der Waals surface area (Å²) >= 11 is 0. The van der Waals surface area contributed by atoms with Gasteiger partial charge in [-0.05, 0) is 86.6 Å². The number of amides is 1. The highest BCUT2D eigenvalue weighted by Gasteiger charge is 2.41. The molecule has 3 aromatic rings. The predicted molar refractivity (Wildman–Crippen MR) is 160 cm³/mol. The third-order valence-electron chi connectivity index (χ3n) is 8.63. The van der Waals surface area contributed by atoms with E-state index < -0.39 is 17.6 Å². The normalized spacial score (nSPS) is 17.4. The van der Waals surface area contributed by atoms with Gasteiger partial charge in [0.05, 0.1) is 18.2 Å². The second-order valence-electron chi connectivity index (χ2n) is 12.0. The van der Waals surface area contributed by atoms with Crippen LogP contribution in [0.25, 0.3) is 0 Å². The summed E-state index contributed by atoms with van der Waals surface area (Å²) in [5, 5.41) is 14.8. The van der Waals surface area contributed by atoms with Crippen molar-refractivity contribution in [1.29, 1.82) is 0 Å². The number of benzene rings is 2. The average molecular weight is 597 g/mol. The fourth-order valence-electron chi connectivity index (χ4n) is 5.78. The Balaban J connectivity index is 1.47. The minimum Gasteiger partial charge on any atom is -0.381 e. The minimum absolute atomic E-state index is 0.00697. The first kappa shape index (κ1) is 30.7. The van der Waals surface area contributed by atoms with Crippen molar-refractivity contribution >= 4 is 17.3 Å². The smallest absolute Gasteiger partial charge is 0.381 e. The molecule has 0 radical (unpaired) electrons. The molecule has 2 N–H and O–H groups in total. The van der Waals surface area contributed by atoms with Gasteiger partial charge in [0, 0.05) is 55.6 Å². The number of anilines is 2. The van der Waals surface area contributed by atoms with E-state index in [1.165, 1.54) is 11.0 Å². The maximum absolute atomic E-state index is 14.3. The molecule has 2 heterocycles. The lowest BCUT2D eigenvalue weighted by Gasteiger charge is -2.39. The molecule has 43 heavy (non-hydrogen) atoms. The third kappa shape index (κ3) is 6.78. The second kappa shape index (κ2) is 12.1. The summed E-state index contributed by atoms with van der Waals surface area (Å²) in [6.45, 7) is 7.96. The van der Waals surface area contributed by atoms with Crippen molar-refractivity contribution in [3.05, 3.63) is 83.0 Å². The van der Waals surface area contributed by atoms with Crippen molar-refractivity contribution in [3.63, 3.8) is 0 Å². The molecular formula is C32H39F3N6O2. The Labute approximate surface area is 250 Å². The van der Waals surface area contributed by atoms with Gasteiger partial charge in [-0.25, -0.2) is 0 Å². The number of aryl methyl sites for hydroxylation is 1. The van der Waals surface area contributed by atoms with E-state index in [1.54, 1.807) is 31.6 Å². The second-order valence-corrected chi connectivity index (χ2v) is 12.0. The summed E-state index contributed by atoms with van der Waals surface area (Å²) in [5.41, 5.74) is 1.84. The van der Waals surface area contributed by atoms with Crippen molar-refractivity contribution in [3.8, 4) is 0 Å². The molecule has 11 heteroatoms. The van der Waals surface area contributed by atoms with E-state index in [0.29, 0.717) is 24.1 Å². The van der Waals surface area contributed by atoms with Gasteiger partial charge in [0.2, 0.25) is 0 Å². The van der Waals surface area contributed by atoms with Gasteiger partial charge in [0.25, 0.3) is 5.91 Å². The van der Waals surface area contributed by atoms with Crippen LogP contribution in [0.4, 0.5) is 24.5 Å². The number of ether oxygens (including phenoxy) is 1. The zero-order valence-electron chi connectivity index (χ0n) is 25.1. The molecule has 1 aliphatic heterocycles. The van der Waals surface area contributed by atoms with Crippen molar-refractivity contribution in [2.45, 2.75) is 82.9 Å². The Kier molecular flexibility index (Phi) is 8.67. The van der Waals surface area contributed by atoms with Crippen molar-refractivity contribution in [2.24, 2.45) is 7.05 Å². The van der Waals surface area contributed by atoms with E-state index in [1.807, 2.05) is 30.7 Å². The Hall–Kier alpha value is -3.70. The molecule has 1 amide bonds. The van der Waals surface area contributed by atoms with Gasteiger partial charge in [-0.1, -0.05) is 6.08 Å². The number of hydrogen-bond acceptors (Lipinski definition) is 6. The van der Waals surface area contributed by atoms with E-state index in [9.17, 15) is 18.0 Å². The minimum atomic E-state index is -4.59. The zero-order valence-corrected chi connectivity index (χ0v) is 25.1. The number of aromatic nitrogens is 3. The summed E-state index contributed by atoms with van der Waals surface area (Å²) in [7, 11) is 3.49. The van der Waals surface area contributed by atoms with Crippen LogP contribution in [0.5, 0.6) is 0 Å². The summed E-state index contributed by atoms with van der Waals surface area (Å²) in [6, 6.07) is 8.35. The van der Waals surface area contributed by atoms with Crippen LogP contribution >= 0.6 is 0 Å². The van der Waals surface area contributed by atoms with E-state index in [4.69, 9.17) is 4.74 Å². The predicted octanol–water partition coefficient (Wildman–Crippen LogP) is 5.81. The molecule has 1 saturated carbocycles. The van der Waals surface area contributed by atoms with Gasteiger partial charge in [-0.15, -0.1) is 16.8 Å². The van der Waals surface area contributed by atoms with Crippen LogP contribution in [0.1, 0.15) is 71.5 Å². The molecule has 8 nitrogen and oxygen atoms in total. The summed E-state index contributed by atoms with van der Waals surface area (Å²) in [5.74, 6) is 0.322. The maximum atomic E-state index is 14.3. The summed E-state index contributed by atoms with van der Waals surface area (Å²) < 4.78 is 50.5. The van der Waals surface area contributed by atoms with Crippen LogP contribution in [0, 0.1) is 0 Å². The molecule has 0 bridgehead atoms. The number of alkyl halides is 3. The zero-order chi connectivity index (χ0) is 30.9. The van der Waals surface area contributed by atoms with Gasteiger partial charge in [-0.3, -0.25) is 4.79 Å². The van der Waals surface area contributed by atoms with Crippen LogP contribution in [0.15, 0.2) is 49.3 Å². The van der Waals surface area contributed by atoms with Crippen LogP contribution in [-0.2, 0) is 43.9 Å². The first-order valence-electron chi connectivity index (χ1n) is 14.6. The van der Waals surface area contributed by atoms with E-state index in [0.717, 1.165) is 36.3 Å². The fourth-order valence-corrected chi connectivity index (χ4v) is 5.78. The van der Waals surface area contributed by atoms with Crippen LogP contribution in [-0.4, -0.2) is 45.5 Å². The molecule has 0 spiro atoms. The Morgan fingerprint density at radius 1 is 1.16 bits per heavy atom. The van der Waals surface area contributed by atoms with Gasteiger partial charge in [0.1, 0.15) is 12.2 Å². The van der Waals surface area contributed by atoms with Crippen molar-refractivity contribution in [2.75, 3.05) is 17.3 Å². The van der Waals surface area contributed by atoms with Gasteiger partial charge in [0.15, 0.2) is 0 Å². The molecule has 0 unspecified atom stereocenters. The number of rotatable bonds is 12. The summed E-state index contributed by atoms with van der Waals surface area (Å²) in [6.07, 6.45) is 2.63. The molecule has 2 atom stereocenters. The summed E-state index contributed by atoms with van der Waals surface area (Å²) in [4.78, 5) is 15.2. The molecule has 230 valence electrons. The third-order valence-corrected chi connectivity index (χ3v) is 8.63. The molecule has 1 aliphatic carbocycles. The Morgan fingerprint density at radius 3 is 2.53 bits per heavy atom. The number of hydrogen-bond donors (Lipinski definition) is 2. The van der Waals surface area contributed by atoms with Gasteiger partial charge in [-0.2, -0.15) is 13.2 Å². The monoisotopic (exact) mass is 596 g/mol. The number of nitrogens with one attached hydrogen (secondary N) is 2.